The highest BCUT2D eigenvalue weighted by atomic mass is 35.5. The molecule has 0 atom stereocenters. The molecule has 4 rings (SSSR count). The molecule has 0 bridgehead atoms. The Hall–Kier alpha value is -3.25. The second-order valence-corrected chi connectivity index (χ2v) is 9.31. The fourth-order valence-electron chi connectivity index (χ4n) is 4.38. The first-order chi connectivity index (χ1) is 18.3. The molecular weight excluding hydrogens is 560 g/mol. The maximum Gasteiger partial charge on any atom is 0.256 e. The number of amides is 2. The van der Waals surface area contributed by atoms with Crippen molar-refractivity contribution in [2.45, 2.75) is 33.9 Å². The Bertz CT molecular complexity index is 1310. The smallest absolute Gasteiger partial charge is 0.256 e. The van der Waals surface area contributed by atoms with Gasteiger partial charge < -0.3 is 20.1 Å². The minimum Gasteiger partial charge on any atom is -0.376 e. The third-order valence-electron chi connectivity index (χ3n) is 6.62. The van der Waals surface area contributed by atoms with E-state index in [0.717, 1.165) is 28.9 Å². The standard InChI is InChI=1S/C27H34FN7O3.2ClH/c1-5-29-11-12-34(17-26(37)33(4)35-15-21-7-6-8-23(28)22(21)16-35)25(36)14-30-24-10-9-20(13-18(24)2)27-31-19(3)38-32-27;;/h6-10,13,29-30H,5,11-12,14-17H2,1-4H3;2*1H. The summed E-state index contributed by atoms with van der Waals surface area (Å²) in [6.45, 7) is 8.08. The van der Waals surface area contributed by atoms with E-state index in [1.807, 2.05) is 38.1 Å². The monoisotopic (exact) mass is 595 g/mol. The van der Waals surface area contributed by atoms with Crippen LogP contribution in [0.5, 0.6) is 0 Å². The van der Waals surface area contributed by atoms with Crippen LogP contribution in [0.3, 0.4) is 0 Å². The van der Waals surface area contributed by atoms with Crippen molar-refractivity contribution in [3.63, 3.8) is 0 Å². The normalized spacial score (nSPS) is 12.2. The molecule has 40 heavy (non-hydrogen) atoms. The van der Waals surface area contributed by atoms with Gasteiger partial charge in [0.25, 0.3) is 5.91 Å². The van der Waals surface area contributed by atoms with Crippen molar-refractivity contribution < 1.29 is 18.5 Å². The van der Waals surface area contributed by atoms with Crippen LogP contribution in [0.2, 0.25) is 0 Å². The van der Waals surface area contributed by atoms with E-state index >= 15 is 0 Å². The number of hydrogen-bond acceptors (Lipinski definition) is 8. The Kier molecular flexibility index (Phi) is 12.3. The van der Waals surface area contributed by atoms with Gasteiger partial charge in [-0.25, -0.2) is 9.40 Å². The summed E-state index contributed by atoms with van der Waals surface area (Å²) >= 11 is 0. The number of rotatable bonds is 11. The number of likely N-dealkylation sites (N-methyl/N-ethyl adjacent to an activating group) is 2. The van der Waals surface area contributed by atoms with Crippen LogP contribution in [0, 0.1) is 19.7 Å². The van der Waals surface area contributed by atoms with Gasteiger partial charge in [-0.1, -0.05) is 24.2 Å². The number of aryl methyl sites for hydroxylation is 2. The molecule has 1 aliphatic rings. The zero-order chi connectivity index (χ0) is 27.2. The van der Waals surface area contributed by atoms with Gasteiger partial charge in [-0.15, -0.1) is 24.8 Å². The predicted octanol–water partition coefficient (Wildman–Crippen LogP) is 3.58. The molecule has 2 N–H and O–H groups in total. The summed E-state index contributed by atoms with van der Waals surface area (Å²) in [5.41, 5.74) is 4.01. The van der Waals surface area contributed by atoms with Crippen molar-refractivity contribution in [3.8, 4) is 11.4 Å². The Morgan fingerprint density at radius 1 is 1.12 bits per heavy atom. The van der Waals surface area contributed by atoms with Crippen LogP contribution >= 0.6 is 24.8 Å². The molecule has 0 spiro atoms. The van der Waals surface area contributed by atoms with Crippen molar-refractivity contribution in [1.29, 1.82) is 0 Å². The minimum atomic E-state index is -0.268. The molecule has 0 saturated carbocycles. The van der Waals surface area contributed by atoms with Crippen molar-refractivity contribution in [2.75, 3.05) is 45.1 Å². The van der Waals surface area contributed by atoms with Crippen molar-refractivity contribution in [3.05, 3.63) is 64.8 Å². The van der Waals surface area contributed by atoms with Gasteiger partial charge in [0.15, 0.2) is 0 Å². The highest BCUT2D eigenvalue weighted by molar-refractivity contribution is 5.87. The summed E-state index contributed by atoms with van der Waals surface area (Å²) in [4.78, 5) is 32.1. The number of carbonyl (C=O) groups excluding carboxylic acids is 2. The van der Waals surface area contributed by atoms with E-state index < -0.39 is 0 Å². The van der Waals surface area contributed by atoms with Crippen molar-refractivity contribution in [1.82, 2.24) is 30.4 Å². The van der Waals surface area contributed by atoms with E-state index in [4.69, 9.17) is 4.52 Å². The van der Waals surface area contributed by atoms with E-state index in [2.05, 4.69) is 20.8 Å². The van der Waals surface area contributed by atoms with E-state index in [1.54, 1.807) is 29.9 Å². The van der Waals surface area contributed by atoms with Crippen LogP contribution in [0.15, 0.2) is 40.9 Å². The van der Waals surface area contributed by atoms with E-state index in [0.29, 0.717) is 43.5 Å². The van der Waals surface area contributed by atoms with Gasteiger partial charge in [0.05, 0.1) is 6.54 Å². The molecular formula is C27H36Cl2FN7O3. The van der Waals surface area contributed by atoms with Gasteiger partial charge in [-0.3, -0.25) is 14.6 Å². The van der Waals surface area contributed by atoms with Crippen LogP contribution in [-0.2, 0) is 22.7 Å². The van der Waals surface area contributed by atoms with Gasteiger partial charge in [0.1, 0.15) is 12.4 Å². The average Bonchev–Trinajstić information content (AvgIpc) is 3.54. The largest absolute Gasteiger partial charge is 0.376 e. The summed E-state index contributed by atoms with van der Waals surface area (Å²) < 4.78 is 19.2. The van der Waals surface area contributed by atoms with Gasteiger partial charge in [-0.2, -0.15) is 4.98 Å². The lowest BCUT2D eigenvalue weighted by molar-refractivity contribution is -0.151. The third-order valence-corrected chi connectivity index (χ3v) is 6.62. The molecule has 3 aromatic rings. The van der Waals surface area contributed by atoms with Crippen LogP contribution in [-0.4, -0.2) is 76.6 Å². The number of nitrogens with one attached hydrogen (secondary N) is 2. The van der Waals surface area contributed by atoms with Crippen molar-refractivity contribution in [2.24, 2.45) is 0 Å². The Morgan fingerprint density at radius 2 is 1.90 bits per heavy atom. The highest BCUT2D eigenvalue weighted by Gasteiger charge is 2.28. The molecule has 0 unspecified atom stereocenters. The quantitative estimate of drug-likeness (QED) is 0.324. The lowest BCUT2D eigenvalue weighted by Crippen LogP contribution is -2.49. The Labute approximate surface area is 246 Å². The maximum absolute atomic E-state index is 14.2. The summed E-state index contributed by atoms with van der Waals surface area (Å²) in [6, 6.07) is 10.6. The molecule has 10 nitrogen and oxygen atoms in total. The number of aromatic nitrogens is 2. The minimum absolute atomic E-state index is 0. The number of anilines is 1. The van der Waals surface area contributed by atoms with Crippen molar-refractivity contribution >= 4 is 42.3 Å². The molecule has 0 fully saturated rings. The van der Waals surface area contributed by atoms with Crippen LogP contribution in [0.1, 0.15) is 29.5 Å². The predicted molar refractivity (Wildman–Crippen MR) is 156 cm³/mol. The number of benzene rings is 2. The average molecular weight is 597 g/mol. The number of carbonyl (C=O) groups is 2. The van der Waals surface area contributed by atoms with Gasteiger partial charge >= 0.3 is 0 Å². The Balaban J connectivity index is 0.00000280. The second-order valence-electron chi connectivity index (χ2n) is 9.31. The SMILES string of the molecule is CCNCCN(CC(=O)N(C)N1Cc2cccc(F)c2C1)C(=O)CNc1ccc(-c2noc(C)n2)cc1C.Cl.Cl. The van der Waals surface area contributed by atoms with Gasteiger partial charge in [-0.05, 0) is 48.9 Å². The molecule has 1 aliphatic heterocycles. The van der Waals surface area contributed by atoms with Gasteiger partial charge in [0.2, 0.25) is 17.6 Å². The van der Waals surface area contributed by atoms with Crippen LogP contribution < -0.4 is 10.6 Å². The van der Waals surface area contributed by atoms with E-state index in [1.165, 1.54) is 11.1 Å². The molecule has 0 saturated heterocycles. The third kappa shape index (κ3) is 7.91. The summed E-state index contributed by atoms with van der Waals surface area (Å²) in [6.07, 6.45) is 0. The van der Waals surface area contributed by atoms with Gasteiger partial charge in [0, 0.05) is 57.0 Å². The zero-order valence-electron chi connectivity index (χ0n) is 23.1. The summed E-state index contributed by atoms with van der Waals surface area (Å²) in [7, 11) is 1.66. The molecule has 2 aromatic carbocycles. The number of hydrazine groups is 1. The maximum atomic E-state index is 14.2. The lowest BCUT2D eigenvalue weighted by Gasteiger charge is -2.31. The Morgan fingerprint density at radius 3 is 2.55 bits per heavy atom. The molecule has 1 aromatic heterocycles. The fourth-order valence-corrected chi connectivity index (χ4v) is 4.38. The topological polar surface area (TPSA) is 107 Å². The molecule has 13 heteroatoms. The zero-order valence-corrected chi connectivity index (χ0v) is 24.7. The molecule has 2 heterocycles. The number of halogens is 3. The summed E-state index contributed by atoms with van der Waals surface area (Å²) in [5.74, 6) is 0.297. The second kappa shape index (κ2) is 14.9. The summed E-state index contributed by atoms with van der Waals surface area (Å²) in [5, 5.41) is 13.6. The lowest BCUT2D eigenvalue weighted by atomic mass is 10.1. The fraction of sp³-hybridized carbons (Fsp3) is 0.407. The van der Waals surface area contributed by atoms with Crippen LogP contribution in [0.4, 0.5) is 10.1 Å². The molecule has 0 radical (unpaired) electrons. The first-order valence-electron chi connectivity index (χ1n) is 12.7. The first kappa shape index (κ1) is 33.0. The first-order valence-corrected chi connectivity index (χ1v) is 12.7. The highest BCUT2D eigenvalue weighted by Crippen LogP contribution is 2.26. The van der Waals surface area contributed by atoms with E-state index in [-0.39, 0.29) is 55.5 Å². The number of fused-ring (bicyclic) bond motifs is 1. The number of nitrogens with zero attached hydrogens (tertiary/aromatic N) is 5. The molecule has 218 valence electrons. The van der Waals surface area contributed by atoms with Crippen LogP contribution in [0.25, 0.3) is 11.4 Å². The molecule has 2 amide bonds. The number of hydrogen-bond donors (Lipinski definition) is 2. The molecule has 0 aliphatic carbocycles. The van der Waals surface area contributed by atoms with E-state index in [9.17, 15) is 14.0 Å².